The zero-order valence-electron chi connectivity index (χ0n) is 15.0. The van der Waals surface area contributed by atoms with Gasteiger partial charge in [-0.3, -0.25) is 14.4 Å². The highest BCUT2D eigenvalue weighted by molar-refractivity contribution is 6.15. The number of carbonyl (C=O) groups is 3. The van der Waals surface area contributed by atoms with E-state index in [1.54, 1.807) is 0 Å². The van der Waals surface area contributed by atoms with Crippen molar-refractivity contribution in [3.8, 4) is 0 Å². The molecule has 4 heteroatoms. The highest BCUT2D eigenvalue weighted by Crippen LogP contribution is 2.31. The zero-order valence-corrected chi connectivity index (χ0v) is 15.0. The van der Waals surface area contributed by atoms with Crippen LogP contribution in [0.4, 0.5) is 0 Å². The summed E-state index contributed by atoms with van der Waals surface area (Å²) in [6, 6.07) is 0. The van der Waals surface area contributed by atoms with Gasteiger partial charge in [-0.1, -0.05) is 44.2 Å². The van der Waals surface area contributed by atoms with E-state index in [0.29, 0.717) is 0 Å². The molecule has 1 saturated heterocycles. The van der Waals surface area contributed by atoms with Gasteiger partial charge < -0.3 is 0 Å². The van der Waals surface area contributed by atoms with Crippen LogP contribution in [0.3, 0.4) is 0 Å². The summed E-state index contributed by atoms with van der Waals surface area (Å²) in [6.07, 6.45) is 13.9. The van der Waals surface area contributed by atoms with Gasteiger partial charge in [-0.2, -0.15) is 0 Å². The SMILES string of the molecule is C=C[C@@H](/C=C/C(CC/C=C/CC)C1CC(=O)N(C(C)=O)C1=O)CC. The number of rotatable bonds is 9. The molecule has 0 aromatic carbocycles. The summed E-state index contributed by atoms with van der Waals surface area (Å²) in [5, 5.41) is 0. The topological polar surface area (TPSA) is 54.5 Å². The number of hydrogen-bond acceptors (Lipinski definition) is 3. The van der Waals surface area contributed by atoms with Crippen LogP contribution in [0.5, 0.6) is 0 Å². The molecule has 3 atom stereocenters. The molecule has 132 valence electrons. The molecule has 1 aliphatic heterocycles. The van der Waals surface area contributed by atoms with Crippen LogP contribution in [-0.4, -0.2) is 22.6 Å². The fourth-order valence-corrected chi connectivity index (χ4v) is 2.99. The van der Waals surface area contributed by atoms with E-state index < -0.39 is 11.8 Å². The molecule has 4 nitrogen and oxygen atoms in total. The summed E-state index contributed by atoms with van der Waals surface area (Å²) >= 11 is 0. The van der Waals surface area contributed by atoms with Crippen molar-refractivity contribution in [2.45, 2.75) is 52.9 Å². The van der Waals surface area contributed by atoms with Crippen molar-refractivity contribution >= 4 is 17.7 Å². The Balaban J connectivity index is 2.93. The van der Waals surface area contributed by atoms with Gasteiger partial charge in [0.05, 0.1) is 5.92 Å². The Morgan fingerprint density at radius 3 is 2.50 bits per heavy atom. The Hall–Kier alpha value is -1.97. The second kappa shape index (κ2) is 10.0. The monoisotopic (exact) mass is 331 g/mol. The molecule has 0 aliphatic carbocycles. The zero-order chi connectivity index (χ0) is 18.1. The number of likely N-dealkylation sites (tertiary alicyclic amines) is 1. The van der Waals surface area contributed by atoms with E-state index in [4.69, 9.17) is 0 Å². The first-order valence-corrected chi connectivity index (χ1v) is 8.79. The second-order valence-electron chi connectivity index (χ2n) is 6.21. The molecule has 0 aromatic heterocycles. The van der Waals surface area contributed by atoms with Gasteiger partial charge in [0, 0.05) is 13.3 Å². The molecular weight excluding hydrogens is 302 g/mol. The number of allylic oxidation sites excluding steroid dienone is 5. The summed E-state index contributed by atoms with van der Waals surface area (Å²) in [5.41, 5.74) is 0. The van der Waals surface area contributed by atoms with Crippen LogP contribution in [-0.2, 0) is 14.4 Å². The highest BCUT2D eigenvalue weighted by Gasteiger charge is 2.43. The van der Waals surface area contributed by atoms with Crippen molar-refractivity contribution in [3.05, 3.63) is 37.0 Å². The molecule has 0 radical (unpaired) electrons. The van der Waals surface area contributed by atoms with E-state index in [-0.39, 0.29) is 30.1 Å². The third-order valence-electron chi connectivity index (χ3n) is 4.46. The van der Waals surface area contributed by atoms with Crippen LogP contribution >= 0.6 is 0 Å². The average molecular weight is 331 g/mol. The van der Waals surface area contributed by atoms with Crippen LogP contribution < -0.4 is 0 Å². The molecule has 0 spiro atoms. The summed E-state index contributed by atoms with van der Waals surface area (Å²) < 4.78 is 0. The first kappa shape index (κ1) is 20.1. The van der Waals surface area contributed by atoms with Crippen molar-refractivity contribution in [1.29, 1.82) is 0 Å². The highest BCUT2D eigenvalue weighted by atomic mass is 16.2. The van der Waals surface area contributed by atoms with Crippen molar-refractivity contribution in [3.63, 3.8) is 0 Å². The Morgan fingerprint density at radius 2 is 2.00 bits per heavy atom. The van der Waals surface area contributed by atoms with Crippen LogP contribution in [0, 0.1) is 17.8 Å². The first-order chi connectivity index (χ1) is 11.5. The van der Waals surface area contributed by atoms with Crippen LogP contribution in [0.25, 0.3) is 0 Å². The maximum atomic E-state index is 12.5. The van der Waals surface area contributed by atoms with E-state index in [1.807, 2.05) is 12.2 Å². The summed E-state index contributed by atoms with van der Waals surface area (Å²) in [4.78, 5) is 36.8. The molecule has 1 aliphatic rings. The minimum atomic E-state index is -0.487. The maximum absolute atomic E-state index is 12.5. The second-order valence-corrected chi connectivity index (χ2v) is 6.21. The van der Waals surface area contributed by atoms with Crippen LogP contribution in [0.2, 0.25) is 0 Å². The van der Waals surface area contributed by atoms with Crippen molar-refractivity contribution in [1.82, 2.24) is 4.90 Å². The van der Waals surface area contributed by atoms with Gasteiger partial charge in [0.2, 0.25) is 17.7 Å². The van der Waals surface area contributed by atoms with Crippen LogP contribution in [0.15, 0.2) is 37.0 Å². The standard InChI is InChI=1S/C20H29NO3/c1-5-8-9-10-11-17(13-12-16(6-2)7-3)18-14-19(23)21(15(4)22)20(18)24/h6,8-9,12-13,16-18H,2,5,7,10-11,14H2,1,3-4H3/b9-8+,13-12+/t16-,17?,18?/m1/s1. The Bertz CT molecular complexity index is 533. The predicted molar refractivity (Wildman–Crippen MR) is 95.9 cm³/mol. The number of hydrogen-bond donors (Lipinski definition) is 0. The summed E-state index contributed by atoms with van der Waals surface area (Å²) in [5.74, 6) is -1.44. The Labute approximate surface area is 145 Å². The Kier molecular flexibility index (Phi) is 8.37. The normalized spacial score (nSPS) is 21.0. The van der Waals surface area contributed by atoms with Crippen molar-refractivity contribution < 1.29 is 14.4 Å². The quantitative estimate of drug-likeness (QED) is 0.473. The van der Waals surface area contributed by atoms with Gasteiger partial charge in [-0.05, 0) is 37.5 Å². The van der Waals surface area contributed by atoms with E-state index in [1.165, 1.54) is 6.92 Å². The van der Waals surface area contributed by atoms with Crippen molar-refractivity contribution in [2.75, 3.05) is 0 Å². The van der Waals surface area contributed by atoms with Gasteiger partial charge in [0.1, 0.15) is 0 Å². The number of carbonyl (C=O) groups excluding carboxylic acids is 3. The molecule has 0 aromatic rings. The lowest BCUT2D eigenvalue weighted by atomic mass is 9.85. The molecule has 2 unspecified atom stereocenters. The van der Waals surface area contributed by atoms with E-state index in [9.17, 15) is 14.4 Å². The molecule has 0 N–H and O–H groups in total. The van der Waals surface area contributed by atoms with E-state index in [0.717, 1.165) is 30.6 Å². The largest absolute Gasteiger partial charge is 0.274 e. The van der Waals surface area contributed by atoms with Gasteiger partial charge in [-0.15, -0.1) is 6.58 Å². The van der Waals surface area contributed by atoms with E-state index >= 15 is 0 Å². The predicted octanol–water partition coefficient (Wildman–Crippen LogP) is 4.04. The first-order valence-electron chi connectivity index (χ1n) is 8.79. The third-order valence-corrected chi connectivity index (χ3v) is 4.46. The van der Waals surface area contributed by atoms with Gasteiger partial charge in [-0.25, -0.2) is 4.90 Å². The molecular formula is C20H29NO3. The lowest BCUT2D eigenvalue weighted by molar-refractivity contribution is -0.149. The van der Waals surface area contributed by atoms with Crippen molar-refractivity contribution in [2.24, 2.45) is 17.8 Å². The lowest BCUT2D eigenvalue weighted by Crippen LogP contribution is -2.35. The molecule has 24 heavy (non-hydrogen) atoms. The van der Waals surface area contributed by atoms with E-state index in [2.05, 4.69) is 38.7 Å². The fraction of sp³-hybridized carbons (Fsp3) is 0.550. The Morgan fingerprint density at radius 1 is 1.29 bits per heavy atom. The summed E-state index contributed by atoms with van der Waals surface area (Å²) in [6.45, 7) is 9.24. The molecule has 3 amide bonds. The summed E-state index contributed by atoms with van der Waals surface area (Å²) in [7, 11) is 0. The third kappa shape index (κ3) is 5.29. The van der Waals surface area contributed by atoms with Crippen LogP contribution in [0.1, 0.15) is 52.9 Å². The lowest BCUT2D eigenvalue weighted by Gasteiger charge is -2.19. The smallest absolute Gasteiger partial charge is 0.240 e. The number of imide groups is 3. The molecule has 1 rings (SSSR count). The minimum Gasteiger partial charge on any atom is -0.274 e. The molecule has 1 fully saturated rings. The number of nitrogens with zero attached hydrogens (tertiary/aromatic N) is 1. The maximum Gasteiger partial charge on any atom is 0.240 e. The average Bonchev–Trinajstić information content (AvgIpc) is 2.84. The van der Waals surface area contributed by atoms with Gasteiger partial charge >= 0.3 is 0 Å². The minimum absolute atomic E-state index is 0.0405. The fourth-order valence-electron chi connectivity index (χ4n) is 2.99. The number of amides is 3. The molecule has 0 bridgehead atoms. The van der Waals surface area contributed by atoms with Gasteiger partial charge in [0.25, 0.3) is 0 Å². The molecule has 1 heterocycles. The van der Waals surface area contributed by atoms with Gasteiger partial charge in [0.15, 0.2) is 0 Å². The molecule has 0 saturated carbocycles.